The number of aliphatic hydroxyl groups excluding tert-OH is 1. The lowest BCUT2D eigenvalue weighted by Crippen LogP contribution is -2.33. The maximum atomic E-state index is 13.1. The van der Waals surface area contributed by atoms with Crippen LogP contribution in [0.5, 0.6) is 0 Å². The fourth-order valence-corrected chi connectivity index (χ4v) is 3.89. The largest absolute Gasteiger partial charge is 0.416 e. The number of aryl methyl sites for hydroxylation is 1. The molecule has 0 spiro atoms. The molecule has 2 aromatic rings. The molecule has 1 heterocycles. The lowest BCUT2D eigenvalue weighted by Gasteiger charge is -2.32. The second kappa shape index (κ2) is 16.7. The van der Waals surface area contributed by atoms with E-state index in [2.05, 4.69) is 44.8 Å². The highest BCUT2D eigenvalue weighted by atomic mass is 19.4. The Morgan fingerprint density at radius 2 is 1.65 bits per heavy atom. The number of hydrogen-bond acceptors (Lipinski definition) is 5. The van der Waals surface area contributed by atoms with Gasteiger partial charge in [0, 0.05) is 38.0 Å². The Kier molecular flexibility index (Phi) is 14.4. The number of benzene rings is 2. The van der Waals surface area contributed by atoms with Gasteiger partial charge in [-0.3, -0.25) is 0 Å². The molecule has 0 amide bonds. The second-order valence-electron chi connectivity index (χ2n) is 8.72. The SMILES string of the molecule is C=N/C(CCC(F)(F)F)=N\C(=C/C1CCN(c2ccc(C)cc2)CC1)Nc1cccc(C(F)(F)F)c1.CN.CO. The second-order valence-corrected chi connectivity index (χ2v) is 8.72. The zero-order valence-corrected chi connectivity index (χ0v) is 22.9. The molecule has 0 radical (unpaired) electrons. The van der Waals surface area contributed by atoms with E-state index in [0.717, 1.165) is 56.4 Å². The Morgan fingerprint density at radius 3 is 2.17 bits per heavy atom. The molecule has 0 atom stereocenters. The maximum absolute atomic E-state index is 13.1. The van der Waals surface area contributed by atoms with Crippen LogP contribution in [0.3, 0.4) is 0 Å². The van der Waals surface area contributed by atoms with Crippen LogP contribution in [0.4, 0.5) is 37.7 Å². The third kappa shape index (κ3) is 12.2. The highest BCUT2D eigenvalue weighted by Crippen LogP contribution is 2.32. The maximum Gasteiger partial charge on any atom is 0.416 e. The predicted molar refractivity (Wildman–Crippen MR) is 150 cm³/mol. The Morgan fingerprint density at radius 1 is 1.05 bits per heavy atom. The third-order valence-electron chi connectivity index (χ3n) is 5.86. The minimum absolute atomic E-state index is 0.0254. The minimum Gasteiger partial charge on any atom is -0.400 e. The first-order valence-corrected chi connectivity index (χ1v) is 12.5. The van der Waals surface area contributed by atoms with E-state index in [0.29, 0.717) is 0 Å². The molecule has 2 aromatic carbocycles. The van der Waals surface area contributed by atoms with Crippen molar-refractivity contribution in [1.82, 2.24) is 0 Å². The quantitative estimate of drug-likeness (QED) is 0.193. The van der Waals surface area contributed by atoms with Crippen LogP contribution < -0.4 is 16.0 Å². The van der Waals surface area contributed by atoms with Crippen LogP contribution in [-0.4, -0.2) is 51.1 Å². The molecule has 0 aromatic heterocycles. The summed E-state index contributed by atoms with van der Waals surface area (Å²) in [5.41, 5.74) is 6.04. The summed E-state index contributed by atoms with van der Waals surface area (Å²) in [6.45, 7) is 6.83. The van der Waals surface area contributed by atoms with Gasteiger partial charge in [-0.25, -0.2) is 9.98 Å². The lowest BCUT2D eigenvalue weighted by molar-refractivity contribution is -0.137. The molecule has 1 saturated heterocycles. The van der Waals surface area contributed by atoms with Crippen LogP contribution in [0.2, 0.25) is 0 Å². The van der Waals surface area contributed by atoms with Gasteiger partial charge in [0.25, 0.3) is 0 Å². The van der Waals surface area contributed by atoms with Crippen molar-refractivity contribution in [3.05, 3.63) is 71.6 Å². The average Bonchev–Trinajstić information content (AvgIpc) is 2.93. The number of hydrogen-bond donors (Lipinski definition) is 3. The number of nitrogens with one attached hydrogen (secondary N) is 1. The zero-order chi connectivity index (χ0) is 30.3. The first kappa shape index (κ1) is 34.6. The molecule has 222 valence electrons. The summed E-state index contributed by atoms with van der Waals surface area (Å²) >= 11 is 0. The van der Waals surface area contributed by atoms with Crippen molar-refractivity contribution in [1.29, 1.82) is 0 Å². The molecule has 0 unspecified atom stereocenters. The molecule has 1 aliphatic rings. The average molecular weight is 574 g/mol. The summed E-state index contributed by atoms with van der Waals surface area (Å²) in [6.07, 6.45) is -7.30. The Bertz CT molecular complexity index is 1090. The Balaban J connectivity index is 0.00000191. The third-order valence-corrected chi connectivity index (χ3v) is 5.86. The van der Waals surface area contributed by atoms with E-state index in [-0.39, 0.29) is 23.3 Å². The molecule has 0 aliphatic carbocycles. The number of alkyl halides is 6. The van der Waals surface area contributed by atoms with Crippen molar-refractivity contribution >= 4 is 23.9 Å². The number of piperidine rings is 1. The van der Waals surface area contributed by atoms with E-state index >= 15 is 0 Å². The fourth-order valence-electron chi connectivity index (χ4n) is 3.89. The number of amidine groups is 1. The highest BCUT2D eigenvalue weighted by molar-refractivity contribution is 5.87. The standard InChI is InChI=1S/C26H28F6N4.CH5N.CH4O/c1-18-6-8-22(9-7-18)36-14-11-19(12-15-36)16-24(35-23(33-2)10-13-25(27,28)29)34-21-5-3-4-20(17-21)26(30,31)32;2*1-2/h3-9,16-17,19,34H,2,10-15H2,1H3;2H2,1H3;2H,1H3/b24-16-,35-23-;;. The molecule has 6 nitrogen and oxygen atoms in total. The van der Waals surface area contributed by atoms with Gasteiger partial charge in [-0.2, -0.15) is 26.3 Å². The normalized spacial score (nSPS) is 14.9. The number of nitrogens with zero attached hydrogens (tertiary/aromatic N) is 3. The van der Waals surface area contributed by atoms with Gasteiger partial charge in [-0.1, -0.05) is 23.8 Å². The fraction of sp³-hybridized carbons (Fsp3) is 0.429. The number of allylic oxidation sites excluding steroid dienone is 1. The van der Waals surface area contributed by atoms with Crippen molar-refractivity contribution in [3.8, 4) is 0 Å². The molecule has 1 fully saturated rings. The van der Waals surface area contributed by atoms with Crippen LogP contribution in [0.1, 0.15) is 36.8 Å². The monoisotopic (exact) mass is 573 g/mol. The molecular weight excluding hydrogens is 536 g/mol. The molecule has 40 heavy (non-hydrogen) atoms. The Labute approximate surface area is 231 Å². The highest BCUT2D eigenvalue weighted by Gasteiger charge is 2.30. The number of anilines is 2. The van der Waals surface area contributed by atoms with Gasteiger partial charge in [0.1, 0.15) is 11.7 Å². The number of nitrogens with two attached hydrogens (primary N) is 1. The smallest absolute Gasteiger partial charge is 0.400 e. The topological polar surface area (TPSA) is 86.2 Å². The van der Waals surface area contributed by atoms with Gasteiger partial charge in [0.2, 0.25) is 0 Å². The molecular formula is C28H37F6N5O. The number of halogens is 6. The van der Waals surface area contributed by atoms with Crippen LogP contribution in [0, 0.1) is 12.8 Å². The molecule has 12 heteroatoms. The van der Waals surface area contributed by atoms with E-state index in [1.165, 1.54) is 19.2 Å². The van der Waals surface area contributed by atoms with Crippen molar-refractivity contribution < 1.29 is 31.4 Å². The van der Waals surface area contributed by atoms with E-state index in [1.807, 2.05) is 19.1 Å². The predicted octanol–water partition coefficient (Wildman–Crippen LogP) is 6.81. The van der Waals surface area contributed by atoms with Gasteiger partial charge in [0.15, 0.2) is 0 Å². The minimum atomic E-state index is -4.53. The summed E-state index contributed by atoms with van der Waals surface area (Å²) in [5.74, 6) is 0.0280. The lowest BCUT2D eigenvalue weighted by atomic mass is 9.96. The molecule has 0 bridgehead atoms. The first-order chi connectivity index (χ1) is 18.9. The Hall–Kier alpha value is -3.38. The summed E-state index contributed by atoms with van der Waals surface area (Å²) < 4.78 is 77.6. The van der Waals surface area contributed by atoms with Crippen LogP contribution in [0.25, 0.3) is 0 Å². The zero-order valence-electron chi connectivity index (χ0n) is 22.9. The number of aliphatic imine (C=N–C) groups is 2. The van der Waals surface area contributed by atoms with Gasteiger partial charge in [-0.05, 0) is 75.9 Å². The molecule has 0 saturated carbocycles. The molecule has 4 N–H and O–H groups in total. The summed E-state index contributed by atoms with van der Waals surface area (Å²) in [7, 11) is 2.50. The van der Waals surface area contributed by atoms with Gasteiger partial charge in [0.05, 0.1) is 12.0 Å². The van der Waals surface area contributed by atoms with Crippen LogP contribution in [0.15, 0.2) is 70.4 Å². The molecule has 1 aliphatic heterocycles. The molecule has 3 rings (SSSR count). The van der Waals surface area contributed by atoms with Crippen molar-refractivity contribution in [2.24, 2.45) is 21.6 Å². The van der Waals surface area contributed by atoms with E-state index in [1.54, 1.807) is 6.08 Å². The summed E-state index contributed by atoms with van der Waals surface area (Å²) in [4.78, 5) is 10.1. The number of aliphatic hydroxyl groups is 1. The van der Waals surface area contributed by atoms with Crippen molar-refractivity contribution in [3.63, 3.8) is 0 Å². The summed E-state index contributed by atoms with van der Waals surface area (Å²) in [5, 5.41) is 9.84. The van der Waals surface area contributed by atoms with Crippen molar-refractivity contribution in [2.75, 3.05) is 37.5 Å². The van der Waals surface area contributed by atoms with E-state index in [4.69, 9.17) is 5.11 Å². The van der Waals surface area contributed by atoms with Gasteiger partial charge in [-0.15, -0.1) is 0 Å². The number of rotatable bonds is 7. The van der Waals surface area contributed by atoms with Crippen LogP contribution in [-0.2, 0) is 6.18 Å². The first-order valence-electron chi connectivity index (χ1n) is 12.5. The van der Waals surface area contributed by atoms with E-state index < -0.39 is 30.8 Å². The summed E-state index contributed by atoms with van der Waals surface area (Å²) in [6, 6.07) is 12.8. The van der Waals surface area contributed by atoms with E-state index in [9.17, 15) is 26.3 Å². The van der Waals surface area contributed by atoms with Crippen LogP contribution >= 0.6 is 0 Å². The van der Waals surface area contributed by atoms with Crippen molar-refractivity contribution in [2.45, 2.75) is 45.0 Å². The van der Waals surface area contributed by atoms with Gasteiger partial charge >= 0.3 is 12.4 Å². The van der Waals surface area contributed by atoms with Gasteiger partial charge < -0.3 is 21.1 Å².